The van der Waals surface area contributed by atoms with Crippen LogP contribution >= 0.6 is 23.1 Å². The van der Waals surface area contributed by atoms with Crippen molar-refractivity contribution in [3.05, 3.63) is 107 Å². The number of amides is 1. The molecule has 0 radical (unpaired) electrons. The summed E-state index contributed by atoms with van der Waals surface area (Å²) in [5, 5.41) is 20.0. The predicted octanol–water partition coefficient (Wildman–Crippen LogP) is 6.77. The van der Waals surface area contributed by atoms with E-state index in [9.17, 15) is 19.1 Å². The molecule has 0 saturated carbocycles. The van der Waals surface area contributed by atoms with Crippen molar-refractivity contribution < 1.29 is 23.8 Å². The van der Waals surface area contributed by atoms with Gasteiger partial charge < -0.3 is 9.84 Å². The van der Waals surface area contributed by atoms with Crippen molar-refractivity contribution in [1.82, 2.24) is 10.2 Å². The molecule has 5 rings (SSSR count). The van der Waals surface area contributed by atoms with Crippen molar-refractivity contribution in [2.45, 2.75) is 35.9 Å². The molecule has 1 fully saturated rings. The first-order chi connectivity index (χ1) is 19.5. The van der Waals surface area contributed by atoms with Gasteiger partial charge >= 0.3 is 5.91 Å². The molecular formula is C30H26FN3O4S2. The van der Waals surface area contributed by atoms with Crippen LogP contribution in [0.2, 0.25) is 0 Å². The fraction of sp³-hybridized carbons (Fsp3) is 0.200. The Hall–Kier alpha value is -4.02. The van der Waals surface area contributed by atoms with Crippen LogP contribution in [0.15, 0.2) is 88.8 Å². The van der Waals surface area contributed by atoms with Gasteiger partial charge in [0.05, 0.1) is 18.2 Å². The molecular weight excluding hydrogens is 549 g/mol. The molecule has 0 bridgehead atoms. The van der Waals surface area contributed by atoms with E-state index in [1.807, 2.05) is 18.2 Å². The zero-order chi connectivity index (χ0) is 28.1. The number of carbonyl (C=O) groups is 2. The number of anilines is 1. The first-order valence-electron chi connectivity index (χ1n) is 12.8. The van der Waals surface area contributed by atoms with Gasteiger partial charge in [-0.25, -0.2) is 4.39 Å². The molecule has 4 aromatic rings. The summed E-state index contributed by atoms with van der Waals surface area (Å²) in [5.74, 6) is -0.977. The smallest absolute Gasteiger partial charge is 0.301 e. The molecule has 204 valence electrons. The number of unbranched alkanes of at least 4 members (excludes halogenated alkanes) is 1. The highest BCUT2D eigenvalue weighted by Crippen LogP contribution is 2.44. The Morgan fingerprint density at radius 1 is 1.02 bits per heavy atom. The Morgan fingerprint density at radius 2 is 1.75 bits per heavy atom. The summed E-state index contributed by atoms with van der Waals surface area (Å²) in [4.78, 5) is 28.0. The van der Waals surface area contributed by atoms with Crippen molar-refractivity contribution in [3.8, 4) is 5.75 Å². The summed E-state index contributed by atoms with van der Waals surface area (Å²) in [6, 6.07) is 21.1. The minimum Gasteiger partial charge on any atom is -0.507 e. The lowest BCUT2D eigenvalue weighted by Crippen LogP contribution is -2.29. The van der Waals surface area contributed by atoms with E-state index < -0.39 is 17.7 Å². The quantitative estimate of drug-likeness (QED) is 0.0557. The average molecular weight is 576 g/mol. The molecule has 1 saturated heterocycles. The summed E-state index contributed by atoms with van der Waals surface area (Å²) in [6.07, 6.45) is 1.95. The number of halogens is 1. The summed E-state index contributed by atoms with van der Waals surface area (Å²) in [5.41, 5.74) is 1.94. The largest absolute Gasteiger partial charge is 0.507 e. The third-order valence-corrected chi connectivity index (χ3v) is 8.46. The van der Waals surface area contributed by atoms with Gasteiger partial charge in [0.2, 0.25) is 5.13 Å². The number of nitrogens with zero attached hydrogens (tertiary/aromatic N) is 3. The van der Waals surface area contributed by atoms with Crippen LogP contribution < -0.4 is 9.64 Å². The predicted molar refractivity (Wildman–Crippen MR) is 154 cm³/mol. The van der Waals surface area contributed by atoms with Crippen LogP contribution in [0.4, 0.5) is 9.52 Å². The Kier molecular flexibility index (Phi) is 8.57. The highest BCUT2D eigenvalue weighted by molar-refractivity contribution is 8.00. The van der Waals surface area contributed by atoms with Gasteiger partial charge in [0.25, 0.3) is 5.78 Å². The number of aromatic nitrogens is 2. The first-order valence-corrected chi connectivity index (χ1v) is 14.6. The van der Waals surface area contributed by atoms with Crippen molar-refractivity contribution in [3.63, 3.8) is 0 Å². The second-order valence-electron chi connectivity index (χ2n) is 9.07. The van der Waals surface area contributed by atoms with Crippen LogP contribution in [0, 0.1) is 5.82 Å². The molecule has 40 heavy (non-hydrogen) atoms. The number of aliphatic hydroxyl groups excluding tert-OH is 1. The summed E-state index contributed by atoms with van der Waals surface area (Å²) >= 11 is 2.57. The second-order valence-corrected chi connectivity index (χ2v) is 11.3. The number of hydrogen-bond donors (Lipinski definition) is 1. The SMILES string of the molecule is CCCCOc1ccc(C(O)=C2C(=O)C(=O)N(c3nnc(SCc4ccc(F)cc4)s3)C2c2ccccc2)cc1. The highest BCUT2D eigenvalue weighted by atomic mass is 32.2. The van der Waals surface area contributed by atoms with Crippen LogP contribution in [0.25, 0.3) is 5.76 Å². The van der Waals surface area contributed by atoms with Gasteiger partial charge in [-0.3, -0.25) is 14.5 Å². The molecule has 1 aliphatic heterocycles. The minimum atomic E-state index is -0.885. The number of benzene rings is 3. The number of thioether (sulfide) groups is 1. The van der Waals surface area contributed by atoms with Gasteiger partial charge in [0, 0.05) is 11.3 Å². The van der Waals surface area contributed by atoms with Crippen LogP contribution in [0.3, 0.4) is 0 Å². The fourth-order valence-corrected chi connectivity index (χ4v) is 6.09. The van der Waals surface area contributed by atoms with Crippen molar-refractivity contribution in [2.24, 2.45) is 0 Å². The number of hydrogen-bond acceptors (Lipinski definition) is 8. The van der Waals surface area contributed by atoms with Crippen LogP contribution in [-0.4, -0.2) is 33.6 Å². The van der Waals surface area contributed by atoms with Crippen molar-refractivity contribution in [1.29, 1.82) is 0 Å². The third kappa shape index (κ3) is 5.93. The van der Waals surface area contributed by atoms with Crippen molar-refractivity contribution >= 4 is 45.7 Å². The lowest BCUT2D eigenvalue weighted by Gasteiger charge is -2.22. The van der Waals surface area contributed by atoms with Crippen LogP contribution in [0.5, 0.6) is 5.75 Å². The molecule has 1 aliphatic rings. The van der Waals surface area contributed by atoms with Crippen LogP contribution in [0.1, 0.15) is 42.5 Å². The number of Topliss-reactive ketones (excluding diaryl/α,β-unsaturated/α-hetero) is 1. The number of carbonyl (C=O) groups excluding carboxylic acids is 2. The van der Waals surface area contributed by atoms with E-state index in [2.05, 4.69) is 17.1 Å². The van der Waals surface area contributed by atoms with Crippen molar-refractivity contribution in [2.75, 3.05) is 11.5 Å². The van der Waals surface area contributed by atoms with Gasteiger partial charge in [-0.15, -0.1) is 10.2 Å². The highest BCUT2D eigenvalue weighted by Gasteiger charge is 2.48. The Morgan fingerprint density at radius 3 is 2.45 bits per heavy atom. The monoisotopic (exact) mass is 575 g/mol. The van der Waals surface area contributed by atoms with Gasteiger partial charge in [0.1, 0.15) is 17.3 Å². The van der Waals surface area contributed by atoms with Crippen LogP contribution in [-0.2, 0) is 15.3 Å². The number of ether oxygens (including phenoxy) is 1. The fourth-order valence-electron chi connectivity index (χ4n) is 4.26. The number of ketones is 1. The van der Waals surface area contributed by atoms with E-state index >= 15 is 0 Å². The second kappa shape index (κ2) is 12.4. The molecule has 1 atom stereocenters. The van der Waals surface area contributed by atoms with E-state index in [0.29, 0.717) is 33.6 Å². The zero-order valence-electron chi connectivity index (χ0n) is 21.6. The van der Waals surface area contributed by atoms with Gasteiger partial charge in [0.15, 0.2) is 4.34 Å². The maximum atomic E-state index is 13.4. The van der Waals surface area contributed by atoms with Gasteiger partial charge in [-0.2, -0.15) is 0 Å². The minimum absolute atomic E-state index is 0.0217. The van der Waals surface area contributed by atoms with Gasteiger partial charge in [-0.05, 0) is 53.9 Å². The third-order valence-electron chi connectivity index (χ3n) is 6.33. The molecule has 1 amide bonds. The summed E-state index contributed by atoms with van der Waals surface area (Å²) < 4.78 is 19.5. The van der Waals surface area contributed by atoms with E-state index in [4.69, 9.17) is 4.74 Å². The van der Waals surface area contributed by atoms with E-state index in [-0.39, 0.29) is 22.3 Å². The molecule has 10 heteroatoms. The Labute approximate surface area is 239 Å². The zero-order valence-corrected chi connectivity index (χ0v) is 23.3. The van der Waals surface area contributed by atoms with E-state index in [1.54, 1.807) is 48.5 Å². The summed E-state index contributed by atoms with van der Waals surface area (Å²) in [7, 11) is 0. The van der Waals surface area contributed by atoms with E-state index in [0.717, 1.165) is 18.4 Å². The maximum absolute atomic E-state index is 13.4. The molecule has 0 aliphatic carbocycles. The normalized spacial score (nSPS) is 16.4. The molecule has 3 aromatic carbocycles. The lowest BCUT2D eigenvalue weighted by atomic mass is 9.95. The molecule has 1 N–H and O–H groups in total. The Bertz CT molecular complexity index is 1520. The molecule has 1 aromatic heterocycles. The standard InChI is InChI=1S/C30H26FN3O4S2/c1-2-3-17-38-23-15-11-21(12-16-23)26(35)24-25(20-7-5-4-6-8-20)34(28(37)27(24)36)29-32-33-30(40-29)39-18-19-9-13-22(31)14-10-19/h4-16,25,35H,2-3,17-18H2,1H3. The molecule has 7 nitrogen and oxygen atoms in total. The lowest BCUT2D eigenvalue weighted by molar-refractivity contribution is -0.132. The van der Waals surface area contributed by atoms with E-state index in [1.165, 1.54) is 40.1 Å². The molecule has 0 spiro atoms. The number of aliphatic hydroxyl groups is 1. The average Bonchev–Trinajstić information content (AvgIpc) is 3.55. The summed E-state index contributed by atoms with van der Waals surface area (Å²) in [6.45, 7) is 2.67. The first kappa shape index (κ1) is 27.5. The maximum Gasteiger partial charge on any atom is 0.301 e. The molecule has 2 heterocycles. The van der Waals surface area contributed by atoms with Gasteiger partial charge in [-0.1, -0.05) is 78.9 Å². The number of rotatable bonds is 10. The Balaban J connectivity index is 1.46. The topological polar surface area (TPSA) is 92.6 Å². The molecule has 1 unspecified atom stereocenters.